The van der Waals surface area contributed by atoms with E-state index in [0.717, 1.165) is 27.9 Å². The van der Waals surface area contributed by atoms with Gasteiger partial charge in [0.05, 0.1) is 11.2 Å². The van der Waals surface area contributed by atoms with Crippen molar-refractivity contribution in [1.29, 1.82) is 5.26 Å². The monoisotopic (exact) mass is 407 g/mol. The molecule has 0 aliphatic heterocycles. The van der Waals surface area contributed by atoms with Crippen LogP contribution in [0.3, 0.4) is 0 Å². The second kappa shape index (κ2) is 8.17. The van der Waals surface area contributed by atoms with Crippen molar-refractivity contribution in [3.05, 3.63) is 96.0 Å². The molecule has 5 rings (SSSR count). The zero-order valence-corrected chi connectivity index (χ0v) is 16.5. The van der Waals surface area contributed by atoms with Gasteiger partial charge in [-0.15, -0.1) is 0 Å². The first-order valence-corrected chi connectivity index (χ1v) is 9.77. The number of aromatic nitrogens is 2. The smallest absolute Gasteiger partial charge is 0.301 e. The Balaban J connectivity index is 1.24. The highest BCUT2D eigenvalue weighted by Crippen LogP contribution is 2.23. The van der Waals surface area contributed by atoms with Crippen molar-refractivity contribution >= 4 is 22.0 Å². The highest BCUT2D eigenvalue weighted by molar-refractivity contribution is 5.78. The standard InChI is InChI=1S/C25H17N3O3/c26-14-25-28-23-11-10-21(13-24(23)31-25)29-15-17-4-3-6-20(12-17)30-16-19-9-8-18-5-1-2-7-22(18)27-19/h1-13H,15-16H2. The third kappa shape index (κ3) is 4.16. The molecule has 0 fully saturated rings. The first-order valence-electron chi connectivity index (χ1n) is 9.77. The van der Waals surface area contributed by atoms with Crippen molar-refractivity contribution in [3.8, 4) is 17.6 Å². The second-order valence-corrected chi connectivity index (χ2v) is 6.98. The molecule has 0 saturated heterocycles. The van der Waals surface area contributed by atoms with Crippen LogP contribution in [0.25, 0.3) is 22.0 Å². The van der Waals surface area contributed by atoms with E-state index in [9.17, 15) is 0 Å². The van der Waals surface area contributed by atoms with Crippen LogP contribution in [-0.2, 0) is 13.2 Å². The van der Waals surface area contributed by atoms with Gasteiger partial charge < -0.3 is 13.9 Å². The van der Waals surface area contributed by atoms with Gasteiger partial charge in [0.1, 0.15) is 30.2 Å². The SMILES string of the molecule is N#Cc1nc2ccc(OCc3cccc(OCc4ccc5ccccc5n4)c3)cc2o1. The van der Waals surface area contributed by atoms with Gasteiger partial charge in [-0.1, -0.05) is 36.4 Å². The molecule has 0 atom stereocenters. The minimum Gasteiger partial charge on any atom is -0.489 e. The Bertz CT molecular complexity index is 1420. The second-order valence-electron chi connectivity index (χ2n) is 6.98. The predicted octanol–water partition coefficient (Wildman–Crippen LogP) is 5.41. The Morgan fingerprint density at radius 3 is 2.58 bits per heavy atom. The van der Waals surface area contributed by atoms with Gasteiger partial charge in [0, 0.05) is 11.5 Å². The van der Waals surface area contributed by atoms with Gasteiger partial charge in [0.25, 0.3) is 0 Å². The van der Waals surface area contributed by atoms with Crippen molar-refractivity contribution in [2.24, 2.45) is 0 Å². The van der Waals surface area contributed by atoms with Crippen molar-refractivity contribution in [3.63, 3.8) is 0 Å². The van der Waals surface area contributed by atoms with Crippen LogP contribution < -0.4 is 9.47 Å². The van der Waals surface area contributed by atoms with E-state index in [-0.39, 0.29) is 5.89 Å². The molecule has 0 saturated carbocycles. The maximum absolute atomic E-state index is 8.90. The first-order chi connectivity index (χ1) is 15.3. The largest absolute Gasteiger partial charge is 0.489 e. The van der Waals surface area contributed by atoms with E-state index in [4.69, 9.17) is 19.2 Å². The first kappa shape index (κ1) is 18.6. The highest BCUT2D eigenvalue weighted by Gasteiger charge is 2.07. The lowest BCUT2D eigenvalue weighted by Crippen LogP contribution is -2.00. The van der Waals surface area contributed by atoms with Crippen LogP contribution >= 0.6 is 0 Å². The number of nitriles is 1. The van der Waals surface area contributed by atoms with Gasteiger partial charge >= 0.3 is 5.89 Å². The van der Waals surface area contributed by atoms with Gasteiger partial charge in [-0.05, 0) is 42.0 Å². The van der Waals surface area contributed by atoms with E-state index >= 15 is 0 Å². The van der Waals surface area contributed by atoms with Crippen LogP contribution in [0, 0.1) is 11.3 Å². The Kier molecular flexibility index (Phi) is 4.91. The molecule has 150 valence electrons. The van der Waals surface area contributed by atoms with Crippen LogP contribution in [0.4, 0.5) is 0 Å². The van der Waals surface area contributed by atoms with Crippen LogP contribution in [0.1, 0.15) is 17.1 Å². The number of para-hydroxylation sites is 1. The van der Waals surface area contributed by atoms with Gasteiger partial charge in [0.15, 0.2) is 11.7 Å². The molecule has 0 radical (unpaired) electrons. The molecule has 2 aromatic heterocycles. The third-order valence-corrected chi connectivity index (χ3v) is 4.80. The van der Waals surface area contributed by atoms with Crippen molar-refractivity contribution in [2.75, 3.05) is 0 Å². The topological polar surface area (TPSA) is 81.2 Å². The molecule has 0 N–H and O–H groups in total. The zero-order chi connectivity index (χ0) is 21.0. The van der Waals surface area contributed by atoms with E-state index in [1.165, 1.54) is 0 Å². The average Bonchev–Trinajstić information content (AvgIpc) is 3.24. The van der Waals surface area contributed by atoms with Crippen LogP contribution in [0.2, 0.25) is 0 Å². The highest BCUT2D eigenvalue weighted by atomic mass is 16.5. The van der Waals surface area contributed by atoms with E-state index in [2.05, 4.69) is 16.0 Å². The minimum atomic E-state index is 0.0397. The molecule has 5 aromatic rings. The third-order valence-electron chi connectivity index (χ3n) is 4.80. The van der Waals surface area contributed by atoms with Gasteiger partial charge in [-0.3, -0.25) is 0 Å². The van der Waals surface area contributed by atoms with Crippen molar-refractivity contribution < 1.29 is 13.9 Å². The number of rotatable bonds is 6. The Hall–Kier alpha value is -4.37. The summed E-state index contributed by atoms with van der Waals surface area (Å²) in [6.07, 6.45) is 0. The van der Waals surface area contributed by atoms with Crippen LogP contribution in [0.15, 0.2) is 83.3 Å². The molecule has 31 heavy (non-hydrogen) atoms. The lowest BCUT2D eigenvalue weighted by atomic mass is 10.2. The molecule has 0 aliphatic rings. The summed E-state index contributed by atoms with van der Waals surface area (Å²) >= 11 is 0. The Morgan fingerprint density at radius 2 is 1.65 bits per heavy atom. The lowest BCUT2D eigenvalue weighted by molar-refractivity contribution is 0.293. The van der Waals surface area contributed by atoms with Crippen LogP contribution in [-0.4, -0.2) is 9.97 Å². The summed E-state index contributed by atoms with van der Waals surface area (Å²) in [6, 6.07) is 27.0. The Labute approximate surface area is 178 Å². The van der Waals surface area contributed by atoms with Crippen molar-refractivity contribution in [1.82, 2.24) is 9.97 Å². The molecular weight excluding hydrogens is 390 g/mol. The minimum absolute atomic E-state index is 0.0397. The van der Waals surface area contributed by atoms with Crippen molar-refractivity contribution in [2.45, 2.75) is 13.2 Å². The quantitative estimate of drug-likeness (QED) is 0.375. The number of fused-ring (bicyclic) bond motifs is 2. The molecule has 0 amide bonds. The molecule has 2 heterocycles. The fourth-order valence-electron chi connectivity index (χ4n) is 3.28. The lowest BCUT2D eigenvalue weighted by Gasteiger charge is -2.10. The fraction of sp³-hybridized carbons (Fsp3) is 0.0800. The van der Waals surface area contributed by atoms with E-state index in [0.29, 0.717) is 30.1 Å². The summed E-state index contributed by atoms with van der Waals surface area (Å²) in [5.41, 5.74) is 3.95. The van der Waals surface area contributed by atoms with Crippen LogP contribution in [0.5, 0.6) is 11.5 Å². The maximum Gasteiger partial charge on any atom is 0.301 e. The molecule has 3 aromatic carbocycles. The van der Waals surface area contributed by atoms with Gasteiger partial charge in [0.2, 0.25) is 0 Å². The number of hydrogen-bond donors (Lipinski definition) is 0. The number of benzene rings is 3. The number of oxazole rings is 1. The summed E-state index contributed by atoms with van der Waals surface area (Å²) in [5.74, 6) is 1.43. The number of hydrogen-bond acceptors (Lipinski definition) is 6. The number of nitrogens with zero attached hydrogens (tertiary/aromatic N) is 3. The van der Waals surface area contributed by atoms with Gasteiger partial charge in [-0.2, -0.15) is 10.2 Å². The molecule has 6 heteroatoms. The molecular formula is C25H17N3O3. The van der Waals surface area contributed by atoms with E-state index in [1.807, 2.05) is 60.7 Å². The number of ether oxygens (including phenoxy) is 2. The maximum atomic E-state index is 8.90. The summed E-state index contributed by atoms with van der Waals surface area (Å²) in [7, 11) is 0. The Morgan fingerprint density at radius 1 is 0.774 bits per heavy atom. The molecule has 0 aliphatic carbocycles. The summed E-state index contributed by atoms with van der Waals surface area (Å²) in [4.78, 5) is 8.70. The fourth-order valence-corrected chi connectivity index (χ4v) is 3.28. The van der Waals surface area contributed by atoms with E-state index < -0.39 is 0 Å². The van der Waals surface area contributed by atoms with E-state index in [1.54, 1.807) is 18.2 Å². The molecule has 0 unspecified atom stereocenters. The zero-order valence-electron chi connectivity index (χ0n) is 16.5. The summed E-state index contributed by atoms with van der Waals surface area (Å²) in [6.45, 7) is 0.759. The molecule has 0 bridgehead atoms. The molecule has 0 spiro atoms. The van der Waals surface area contributed by atoms with Gasteiger partial charge in [-0.25, -0.2) is 4.98 Å². The summed E-state index contributed by atoms with van der Waals surface area (Å²) < 4.78 is 17.2. The summed E-state index contributed by atoms with van der Waals surface area (Å²) in [5, 5.41) is 10.0. The average molecular weight is 407 g/mol. The molecule has 6 nitrogen and oxygen atoms in total. The predicted molar refractivity (Wildman–Crippen MR) is 116 cm³/mol. The normalized spacial score (nSPS) is 10.8. The number of pyridine rings is 1.